The van der Waals surface area contributed by atoms with Crippen molar-refractivity contribution in [1.82, 2.24) is 10.2 Å². The minimum atomic E-state index is -0.912. The van der Waals surface area contributed by atoms with Gasteiger partial charge in [0.2, 0.25) is 0 Å². The summed E-state index contributed by atoms with van der Waals surface area (Å²) < 4.78 is 0. The minimum Gasteiger partial charge on any atom is -0.481 e. The molecule has 1 aromatic rings. The van der Waals surface area contributed by atoms with Crippen LogP contribution in [0.3, 0.4) is 0 Å². The van der Waals surface area contributed by atoms with Gasteiger partial charge in [0.1, 0.15) is 0 Å². The molecule has 0 fully saturated rings. The summed E-state index contributed by atoms with van der Waals surface area (Å²) in [4.78, 5) is 24.0. The molecule has 1 rings (SSSR count). The molecule has 2 amide bonds. The molecule has 0 radical (unpaired) electrons. The number of carbonyl (C=O) groups is 2. The first-order valence-corrected chi connectivity index (χ1v) is 6.42. The molecule has 0 saturated carbocycles. The van der Waals surface area contributed by atoms with Crippen molar-refractivity contribution in [2.45, 2.75) is 26.3 Å². The molecule has 0 atom stereocenters. The molecule has 0 unspecified atom stereocenters. The highest BCUT2D eigenvalue weighted by atomic mass is 16.4. The number of hydrogen-bond donors (Lipinski definition) is 2. The van der Waals surface area contributed by atoms with E-state index >= 15 is 0 Å². The fraction of sp³-hybridized carbons (Fsp3) is 0.429. The maximum Gasteiger partial charge on any atom is 0.317 e. The quantitative estimate of drug-likeness (QED) is 0.792. The summed E-state index contributed by atoms with van der Waals surface area (Å²) in [7, 11) is 0. The number of hydrogen-bond acceptors (Lipinski definition) is 2. The fourth-order valence-electron chi connectivity index (χ4n) is 1.71. The third-order valence-corrected chi connectivity index (χ3v) is 2.61. The van der Waals surface area contributed by atoms with Crippen molar-refractivity contribution in [1.29, 1.82) is 0 Å². The summed E-state index contributed by atoms with van der Waals surface area (Å²) in [5, 5.41) is 11.2. The summed E-state index contributed by atoms with van der Waals surface area (Å²) in [6, 6.07) is 9.51. The Morgan fingerprint density at radius 2 is 1.95 bits per heavy atom. The number of nitrogens with zero attached hydrogens (tertiary/aromatic N) is 1. The molecule has 2 N–H and O–H groups in total. The number of amides is 2. The number of carboxylic acid groups (broad SMARTS) is 1. The molecule has 104 valence electrons. The van der Waals surface area contributed by atoms with Gasteiger partial charge >= 0.3 is 12.0 Å². The van der Waals surface area contributed by atoms with Crippen LogP contribution in [-0.4, -0.2) is 35.1 Å². The molecule has 0 aliphatic heterocycles. The Kier molecular flexibility index (Phi) is 6.43. The number of nitrogens with one attached hydrogen (secondary N) is 1. The smallest absolute Gasteiger partial charge is 0.317 e. The number of aliphatic carboxylic acids is 1. The van der Waals surface area contributed by atoms with E-state index in [9.17, 15) is 9.59 Å². The first kappa shape index (κ1) is 15.0. The molecule has 5 nitrogen and oxygen atoms in total. The van der Waals surface area contributed by atoms with Crippen LogP contribution < -0.4 is 5.32 Å². The van der Waals surface area contributed by atoms with Gasteiger partial charge in [0.25, 0.3) is 0 Å². The monoisotopic (exact) mass is 264 g/mol. The van der Waals surface area contributed by atoms with E-state index < -0.39 is 5.97 Å². The van der Waals surface area contributed by atoms with Crippen molar-refractivity contribution in [2.75, 3.05) is 13.1 Å². The molecule has 0 aliphatic rings. The second-order valence-corrected chi connectivity index (χ2v) is 4.28. The van der Waals surface area contributed by atoms with Crippen LogP contribution in [0.2, 0.25) is 0 Å². The molecule has 1 aromatic carbocycles. The number of carboxylic acids is 1. The zero-order valence-corrected chi connectivity index (χ0v) is 11.1. The van der Waals surface area contributed by atoms with Crippen LogP contribution in [0, 0.1) is 0 Å². The van der Waals surface area contributed by atoms with Gasteiger partial charge in [-0.25, -0.2) is 4.79 Å². The average Bonchev–Trinajstić information content (AvgIpc) is 2.39. The lowest BCUT2D eigenvalue weighted by molar-refractivity contribution is -0.136. The SMILES string of the molecule is CCCN(Cc1ccccc1)C(=O)NCCC(=O)O. The molecule has 0 spiro atoms. The Bertz CT molecular complexity index is 406. The third kappa shape index (κ3) is 5.90. The number of rotatable bonds is 7. The second kappa shape index (κ2) is 8.13. The predicted molar refractivity (Wildman–Crippen MR) is 72.8 cm³/mol. The molecule has 0 saturated heterocycles. The van der Waals surface area contributed by atoms with E-state index in [1.54, 1.807) is 4.90 Å². The maximum absolute atomic E-state index is 11.9. The van der Waals surface area contributed by atoms with Crippen molar-refractivity contribution in [3.8, 4) is 0 Å². The van der Waals surface area contributed by atoms with Gasteiger partial charge in [-0.3, -0.25) is 4.79 Å². The van der Waals surface area contributed by atoms with E-state index in [4.69, 9.17) is 5.11 Å². The molecule has 0 aliphatic carbocycles. The zero-order chi connectivity index (χ0) is 14.1. The van der Waals surface area contributed by atoms with Gasteiger partial charge in [-0.15, -0.1) is 0 Å². The van der Waals surface area contributed by atoms with Crippen LogP contribution in [0.5, 0.6) is 0 Å². The van der Waals surface area contributed by atoms with Gasteiger partial charge in [-0.1, -0.05) is 37.3 Å². The van der Waals surface area contributed by atoms with E-state index in [1.807, 2.05) is 37.3 Å². The average molecular weight is 264 g/mol. The normalized spacial score (nSPS) is 9.95. The van der Waals surface area contributed by atoms with Crippen molar-refractivity contribution in [3.05, 3.63) is 35.9 Å². The number of benzene rings is 1. The predicted octanol–water partition coefficient (Wildman–Crippen LogP) is 2.08. The molecule has 5 heteroatoms. The topological polar surface area (TPSA) is 69.6 Å². The van der Waals surface area contributed by atoms with E-state index in [1.165, 1.54) is 0 Å². The fourth-order valence-corrected chi connectivity index (χ4v) is 1.71. The lowest BCUT2D eigenvalue weighted by Gasteiger charge is -2.22. The summed E-state index contributed by atoms with van der Waals surface area (Å²) >= 11 is 0. The Balaban J connectivity index is 2.51. The van der Waals surface area contributed by atoms with Crippen LogP contribution in [-0.2, 0) is 11.3 Å². The van der Waals surface area contributed by atoms with Gasteiger partial charge in [0.15, 0.2) is 0 Å². The molecular formula is C14H20N2O3. The van der Waals surface area contributed by atoms with Crippen LogP contribution in [0.1, 0.15) is 25.3 Å². The second-order valence-electron chi connectivity index (χ2n) is 4.28. The van der Waals surface area contributed by atoms with E-state index in [2.05, 4.69) is 5.32 Å². The van der Waals surface area contributed by atoms with Gasteiger partial charge in [0, 0.05) is 19.6 Å². The standard InChI is InChI=1S/C14H20N2O3/c1-2-10-16(11-12-6-4-3-5-7-12)14(19)15-9-8-13(17)18/h3-7H,2,8-11H2,1H3,(H,15,19)(H,17,18). The van der Waals surface area contributed by atoms with Crippen LogP contribution >= 0.6 is 0 Å². The summed E-state index contributed by atoms with van der Waals surface area (Å²) in [6.07, 6.45) is 0.802. The van der Waals surface area contributed by atoms with E-state index in [0.717, 1.165) is 12.0 Å². The lowest BCUT2D eigenvalue weighted by atomic mass is 10.2. The Morgan fingerprint density at radius 1 is 1.26 bits per heavy atom. The summed E-state index contributed by atoms with van der Waals surface area (Å²) in [5.74, 6) is -0.912. The third-order valence-electron chi connectivity index (χ3n) is 2.61. The molecule has 0 bridgehead atoms. The molecule has 19 heavy (non-hydrogen) atoms. The Labute approximate surface area is 113 Å². The van der Waals surface area contributed by atoms with Crippen molar-refractivity contribution >= 4 is 12.0 Å². The maximum atomic E-state index is 11.9. The minimum absolute atomic E-state index is 0.0585. The summed E-state index contributed by atoms with van der Waals surface area (Å²) in [5.41, 5.74) is 1.06. The highest BCUT2D eigenvalue weighted by Gasteiger charge is 2.12. The van der Waals surface area contributed by atoms with Gasteiger partial charge in [-0.2, -0.15) is 0 Å². The van der Waals surface area contributed by atoms with Crippen LogP contribution in [0.4, 0.5) is 4.79 Å². The molecular weight excluding hydrogens is 244 g/mol. The van der Waals surface area contributed by atoms with E-state index in [0.29, 0.717) is 13.1 Å². The highest BCUT2D eigenvalue weighted by molar-refractivity contribution is 5.75. The van der Waals surface area contributed by atoms with Gasteiger partial charge in [-0.05, 0) is 12.0 Å². The first-order valence-electron chi connectivity index (χ1n) is 6.42. The van der Waals surface area contributed by atoms with Crippen LogP contribution in [0.25, 0.3) is 0 Å². The van der Waals surface area contributed by atoms with Crippen LogP contribution in [0.15, 0.2) is 30.3 Å². The molecule has 0 aromatic heterocycles. The summed E-state index contributed by atoms with van der Waals surface area (Å²) in [6.45, 7) is 3.34. The largest absolute Gasteiger partial charge is 0.481 e. The number of urea groups is 1. The Morgan fingerprint density at radius 3 is 2.53 bits per heavy atom. The number of carbonyl (C=O) groups excluding carboxylic acids is 1. The zero-order valence-electron chi connectivity index (χ0n) is 11.1. The Hall–Kier alpha value is -2.04. The molecule has 0 heterocycles. The van der Waals surface area contributed by atoms with Gasteiger partial charge < -0.3 is 15.3 Å². The lowest BCUT2D eigenvalue weighted by Crippen LogP contribution is -2.40. The van der Waals surface area contributed by atoms with Crippen molar-refractivity contribution < 1.29 is 14.7 Å². The van der Waals surface area contributed by atoms with E-state index in [-0.39, 0.29) is 19.0 Å². The highest BCUT2D eigenvalue weighted by Crippen LogP contribution is 2.05. The van der Waals surface area contributed by atoms with Gasteiger partial charge in [0.05, 0.1) is 6.42 Å². The van der Waals surface area contributed by atoms with Crippen molar-refractivity contribution in [3.63, 3.8) is 0 Å². The first-order chi connectivity index (χ1) is 9.13. The van der Waals surface area contributed by atoms with Crippen molar-refractivity contribution in [2.24, 2.45) is 0 Å².